The maximum Gasteiger partial charge on any atom is 0.339 e. The van der Waals surface area contributed by atoms with Crippen molar-refractivity contribution in [1.82, 2.24) is 0 Å². The zero-order chi connectivity index (χ0) is 14.7. The number of aromatic hydroxyl groups is 1. The number of ether oxygens (including phenoxy) is 1. The van der Waals surface area contributed by atoms with Crippen LogP contribution >= 0.6 is 11.6 Å². The largest absolute Gasteiger partial charge is 0.507 e. The average Bonchev–Trinajstić information content (AvgIpc) is 2.39. The van der Waals surface area contributed by atoms with Gasteiger partial charge >= 0.3 is 5.97 Å². The summed E-state index contributed by atoms with van der Waals surface area (Å²) >= 11 is 5.84. The van der Waals surface area contributed by atoms with Crippen LogP contribution in [-0.2, 0) is 6.61 Å². The number of hydrogen-bond acceptors (Lipinski definition) is 3. The molecule has 2 aromatic carbocycles. The van der Waals surface area contributed by atoms with E-state index in [9.17, 15) is 9.90 Å². The zero-order valence-corrected chi connectivity index (χ0v) is 11.5. The van der Waals surface area contributed by atoms with Crippen LogP contribution in [0.15, 0.2) is 36.4 Å². The van der Waals surface area contributed by atoms with Crippen molar-refractivity contribution in [1.29, 1.82) is 0 Å². The fourth-order valence-corrected chi connectivity index (χ4v) is 2.03. The van der Waals surface area contributed by atoms with Crippen molar-refractivity contribution in [2.75, 3.05) is 0 Å². The second-order valence-corrected chi connectivity index (χ2v) is 4.81. The summed E-state index contributed by atoms with van der Waals surface area (Å²) in [5, 5.41) is 19.5. The molecule has 0 aliphatic carbocycles. The number of hydrogen-bond donors (Lipinski definition) is 2. The summed E-state index contributed by atoms with van der Waals surface area (Å²) in [6, 6.07) is 9.95. The van der Waals surface area contributed by atoms with Crippen molar-refractivity contribution in [2.45, 2.75) is 13.5 Å². The molecule has 2 N–H and O–H groups in total. The van der Waals surface area contributed by atoms with E-state index in [1.165, 1.54) is 6.07 Å². The number of halogens is 1. The number of carboxylic acids is 1. The van der Waals surface area contributed by atoms with Gasteiger partial charge in [-0.05, 0) is 42.8 Å². The third-order valence-corrected chi connectivity index (χ3v) is 2.99. The van der Waals surface area contributed by atoms with E-state index in [0.717, 1.165) is 5.56 Å². The van der Waals surface area contributed by atoms with E-state index < -0.39 is 5.97 Å². The van der Waals surface area contributed by atoms with Gasteiger partial charge in [0.15, 0.2) is 0 Å². The Hall–Kier alpha value is -2.20. The van der Waals surface area contributed by atoms with Crippen LogP contribution in [0.4, 0.5) is 0 Å². The lowest BCUT2D eigenvalue weighted by Crippen LogP contribution is -2.03. The van der Waals surface area contributed by atoms with Gasteiger partial charge in [-0.25, -0.2) is 4.79 Å². The van der Waals surface area contributed by atoms with E-state index in [4.69, 9.17) is 21.4 Å². The van der Waals surface area contributed by atoms with Gasteiger partial charge in [0.25, 0.3) is 0 Å². The van der Waals surface area contributed by atoms with Crippen LogP contribution < -0.4 is 4.74 Å². The minimum atomic E-state index is -1.17. The number of aryl methyl sites for hydroxylation is 1. The predicted octanol–water partition coefficient (Wildman–Crippen LogP) is 3.63. The number of carboxylic acid groups (broad SMARTS) is 1. The Morgan fingerprint density at radius 1 is 1.30 bits per heavy atom. The van der Waals surface area contributed by atoms with Gasteiger partial charge in [-0.3, -0.25) is 0 Å². The Kier molecular flexibility index (Phi) is 4.15. The first-order valence-electron chi connectivity index (χ1n) is 5.91. The molecular weight excluding hydrogens is 280 g/mol. The first-order valence-corrected chi connectivity index (χ1v) is 6.29. The highest BCUT2D eigenvalue weighted by Crippen LogP contribution is 2.26. The summed E-state index contributed by atoms with van der Waals surface area (Å²) in [7, 11) is 0. The van der Waals surface area contributed by atoms with E-state index in [0.29, 0.717) is 16.3 Å². The molecule has 0 unspecified atom stereocenters. The van der Waals surface area contributed by atoms with Gasteiger partial charge in [0.05, 0.1) is 0 Å². The van der Waals surface area contributed by atoms with Crippen molar-refractivity contribution >= 4 is 17.6 Å². The molecule has 0 aliphatic heterocycles. The third kappa shape index (κ3) is 3.22. The van der Waals surface area contributed by atoms with Crippen molar-refractivity contribution in [2.24, 2.45) is 0 Å². The third-order valence-electron chi connectivity index (χ3n) is 2.75. The van der Waals surface area contributed by atoms with E-state index in [-0.39, 0.29) is 17.9 Å². The Bertz CT molecular complexity index is 652. The average molecular weight is 293 g/mol. The molecule has 0 amide bonds. The number of carbonyl (C=O) groups is 1. The second kappa shape index (κ2) is 5.84. The first-order chi connectivity index (χ1) is 9.47. The summed E-state index contributed by atoms with van der Waals surface area (Å²) in [6.07, 6.45) is 0. The molecule has 5 heteroatoms. The molecule has 2 rings (SSSR count). The number of rotatable bonds is 4. The zero-order valence-electron chi connectivity index (χ0n) is 10.8. The summed E-state index contributed by atoms with van der Waals surface area (Å²) in [4.78, 5) is 11.0. The fourth-order valence-electron chi connectivity index (χ4n) is 1.84. The summed E-state index contributed by atoms with van der Waals surface area (Å²) in [5.74, 6) is -0.893. The molecule has 4 nitrogen and oxygen atoms in total. The molecule has 0 atom stereocenters. The number of benzene rings is 2. The quantitative estimate of drug-likeness (QED) is 0.903. The highest BCUT2D eigenvalue weighted by Gasteiger charge is 2.14. The van der Waals surface area contributed by atoms with Crippen LogP contribution in [0, 0.1) is 6.92 Å². The highest BCUT2D eigenvalue weighted by atomic mass is 35.5. The molecule has 0 bridgehead atoms. The molecule has 0 fully saturated rings. The molecule has 0 saturated carbocycles. The Balaban J connectivity index is 2.23. The molecule has 0 aliphatic rings. The highest BCUT2D eigenvalue weighted by molar-refractivity contribution is 6.30. The van der Waals surface area contributed by atoms with Gasteiger partial charge in [-0.15, -0.1) is 0 Å². The maximum atomic E-state index is 11.0. The normalized spacial score (nSPS) is 10.3. The molecule has 104 valence electrons. The molecule has 0 heterocycles. The standard InChI is InChI=1S/C15H13ClO4/c1-9-5-10(14(17)13(6-9)15(18)19)8-20-12-4-2-3-11(16)7-12/h2-7,17H,8H2,1H3,(H,18,19). The van der Waals surface area contributed by atoms with E-state index >= 15 is 0 Å². The van der Waals surface area contributed by atoms with E-state index in [2.05, 4.69) is 0 Å². The Morgan fingerprint density at radius 2 is 2.05 bits per heavy atom. The van der Waals surface area contributed by atoms with Gasteiger partial charge < -0.3 is 14.9 Å². The lowest BCUT2D eigenvalue weighted by molar-refractivity contribution is 0.0693. The van der Waals surface area contributed by atoms with Gasteiger partial charge in [0, 0.05) is 10.6 Å². The lowest BCUT2D eigenvalue weighted by Gasteiger charge is -2.11. The summed E-state index contributed by atoms with van der Waals surface area (Å²) in [5.41, 5.74) is 1.03. The van der Waals surface area contributed by atoms with Gasteiger partial charge in [0.2, 0.25) is 0 Å². The van der Waals surface area contributed by atoms with E-state index in [1.807, 2.05) is 0 Å². The van der Waals surface area contributed by atoms with Crippen molar-refractivity contribution in [3.8, 4) is 11.5 Å². The fraction of sp³-hybridized carbons (Fsp3) is 0.133. The lowest BCUT2D eigenvalue weighted by atomic mass is 10.1. The van der Waals surface area contributed by atoms with Crippen LogP contribution in [-0.4, -0.2) is 16.2 Å². The molecule has 0 radical (unpaired) electrons. The summed E-state index contributed by atoms with van der Waals surface area (Å²) < 4.78 is 5.51. The monoisotopic (exact) mass is 292 g/mol. The SMILES string of the molecule is Cc1cc(COc2cccc(Cl)c2)c(O)c(C(=O)O)c1. The minimum Gasteiger partial charge on any atom is -0.507 e. The van der Waals surface area contributed by atoms with Crippen LogP contribution in [0.25, 0.3) is 0 Å². The van der Waals surface area contributed by atoms with Crippen LogP contribution in [0.5, 0.6) is 11.5 Å². The molecule has 0 aromatic heterocycles. The smallest absolute Gasteiger partial charge is 0.339 e. The van der Waals surface area contributed by atoms with Crippen LogP contribution in [0.2, 0.25) is 5.02 Å². The Labute approximate surface area is 121 Å². The van der Waals surface area contributed by atoms with Crippen molar-refractivity contribution < 1.29 is 19.7 Å². The number of aromatic carboxylic acids is 1. The molecular formula is C15H13ClO4. The Morgan fingerprint density at radius 3 is 2.70 bits per heavy atom. The van der Waals surface area contributed by atoms with Crippen LogP contribution in [0.1, 0.15) is 21.5 Å². The van der Waals surface area contributed by atoms with Crippen LogP contribution in [0.3, 0.4) is 0 Å². The molecule has 20 heavy (non-hydrogen) atoms. The maximum absolute atomic E-state index is 11.0. The summed E-state index contributed by atoms with van der Waals surface area (Å²) in [6.45, 7) is 1.82. The van der Waals surface area contributed by atoms with E-state index in [1.54, 1.807) is 37.3 Å². The molecule has 0 saturated heterocycles. The predicted molar refractivity (Wildman–Crippen MR) is 75.6 cm³/mol. The van der Waals surface area contributed by atoms with Gasteiger partial charge in [-0.2, -0.15) is 0 Å². The molecule has 0 spiro atoms. The molecule has 2 aromatic rings. The van der Waals surface area contributed by atoms with Gasteiger partial charge in [0.1, 0.15) is 23.7 Å². The topological polar surface area (TPSA) is 66.8 Å². The van der Waals surface area contributed by atoms with Crippen molar-refractivity contribution in [3.05, 3.63) is 58.1 Å². The first kappa shape index (κ1) is 14.2. The number of phenols is 1. The second-order valence-electron chi connectivity index (χ2n) is 4.37. The van der Waals surface area contributed by atoms with Crippen molar-refractivity contribution in [3.63, 3.8) is 0 Å². The van der Waals surface area contributed by atoms with Gasteiger partial charge in [-0.1, -0.05) is 17.7 Å². The minimum absolute atomic E-state index is 0.0636.